The minimum absolute atomic E-state index is 0.0254. The second-order valence-corrected chi connectivity index (χ2v) is 4.33. The predicted octanol–water partition coefficient (Wildman–Crippen LogP) is 1.45. The number of anilines is 1. The van der Waals surface area contributed by atoms with E-state index in [1.165, 1.54) is 22.9 Å². The number of amides is 1. The van der Waals surface area contributed by atoms with Crippen molar-refractivity contribution in [3.05, 3.63) is 41.5 Å². The minimum Gasteiger partial charge on any atom is -0.476 e. The molecule has 7 nitrogen and oxygen atoms in total. The van der Waals surface area contributed by atoms with Gasteiger partial charge in [-0.3, -0.25) is 4.79 Å². The molecule has 110 valence electrons. The van der Waals surface area contributed by atoms with E-state index in [1.54, 1.807) is 13.0 Å². The first-order valence-corrected chi connectivity index (χ1v) is 6.17. The SMILES string of the molecule is Cc1c(C(=O)O)nnn1CCC(=O)Nc1ccccc1F. The summed E-state index contributed by atoms with van der Waals surface area (Å²) < 4.78 is 14.7. The number of nitrogens with one attached hydrogen (secondary N) is 1. The minimum atomic E-state index is -1.17. The van der Waals surface area contributed by atoms with E-state index in [4.69, 9.17) is 5.11 Å². The van der Waals surface area contributed by atoms with Crippen LogP contribution in [0.15, 0.2) is 24.3 Å². The number of aryl methyl sites for hydroxylation is 1. The molecule has 0 radical (unpaired) electrons. The van der Waals surface area contributed by atoms with Crippen molar-refractivity contribution < 1.29 is 19.1 Å². The molecular formula is C13H13FN4O3. The molecule has 1 aromatic carbocycles. The normalized spacial score (nSPS) is 10.4. The van der Waals surface area contributed by atoms with Crippen LogP contribution in [0, 0.1) is 12.7 Å². The van der Waals surface area contributed by atoms with Crippen molar-refractivity contribution >= 4 is 17.6 Å². The molecule has 0 atom stereocenters. The Morgan fingerprint density at radius 1 is 1.38 bits per heavy atom. The van der Waals surface area contributed by atoms with Crippen LogP contribution in [0.25, 0.3) is 0 Å². The Kier molecular flexibility index (Phi) is 4.27. The molecular weight excluding hydrogens is 279 g/mol. The van der Waals surface area contributed by atoms with Gasteiger partial charge in [-0.15, -0.1) is 5.10 Å². The number of hydrogen-bond acceptors (Lipinski definition) is 4. The Hall–Kier alpha value is -2.77. The Morgan fingerprint density at radius 3 is 2.71 bits per heavy atom. The molecule has 2 aromatic rings. The van der Waals surface area contributed by atoms with Gasteiger partial charge in [0.15, 0.2) is 5.69 Å². The van der Waals surface area contributed by atoms with Crippen LogP contribution in [0.1, 0.15) is 22.6 Å². The molecule has 0 fully saturated rings. The number of aromatic nitrogens is 3. The molecule has 1 aromatic heterocycles. The van der Waals surface area contributed by atoms with Crippen LogP contribution in [-0.4, -0.2) is 32.0 Å². The van der Waals surface area contributed by atoms with Crippen molar-refractivity contribution in [2.24, 2.45) is 0 Å². The highest BCUT2D eigenvalue weighted by atomic mass is 19.1. The van der Waals surface area contributed by atoms with Gasteiger partial charge in [-0.1, -0.05) is 17.3 Å². The zero-order chi connectivity index (χ0) is 15.4. The number of carboxylic acids is 1. The van der Waals surface area contributed by atoms with E-state index in [0.29, 0.717) is 5.69 Å². The number of benzene rings is 1. The van der Waals surface area contributed by atoms with Crippen molar-refractivity contribution in [3.63, 3.8) is 0 Å². The molecule has 0 unspecified atom stereocenters. The van der Waals surface area contributed by atoms with Crippen molar-refractivity contribution in [1.29, 1.82) is 0 Å². The topological polar surface area (TPSA) is 97.1 Å². The van der Waals surface area contributed by atoms with Gasteiger partial charge in [0.2, 0.25) is 5.91 Å². The largest absolute Gasteiger partial charge is 0.476 e. The first-order chi connectivity index (χ1) is 9.99. The molecule has 2 rings (SSSR count). The van der Waals surface area contributed by atoms with Gasteiger partial charge in [0.25, 0.3) is 0 Å². The molecule has 1 amide bonds. The number of carbonyl (C=O) groups is 2. The summed E-state index contributed by atoms with van der Waals surface area (Å²) >= 11 is 0. The number of carbonyl (C=O) groups excluding carboxylic acids is 1. The number of aromatic carboxylic acids is 1. The number of carboxylic acid groups (broad SMARTS) is 1. The number of halogens is 1. The summed E-state index contributed by atoms with van der Waals surface area (Å²) in [5.74, 6) is -2.09. The summed E-state index contributed by atoms with van der Waals surface area (Å²) in [5.41, 5.74) is 0.315. The van der Waals surface area contributed by atoms with E-state index in [9.17, 15) is 14.0 Å². The lowest BCUT2D eigenvalue weighted by Crippen LogP contribution is -2.16. The van der Waals surface area contributed by atoms with E-state index in [1.807, 2.05) is 0 Å². The maximum absolute atomic E-state index is 13.4. The summed E-state index contributed by atoms with van der Waals surface area (Å²) in [6.07, 6.45) is 0.0254. The average Bonchev–Trinajstić information content (AvgIpc) is 2.80. The Morgan fingerprint density at radius 2 is 2.10 bits per heavy atom. The van der Waals surface area contributed by atoms with Gasteiger partial charge in [0.1, 0.15) is 5.82 Å². The monoisotopic (exact) mass is 292 g/mol. The van der Waals surface area contributed by atoms with Crippen molar-refractivity contribution in [3.8, 4) is 0 Å². The molecule has 0 saturated carbocycles. The van der Waals surface area contributed by atoms with Gasteiger partial charge >= 0.3 is 5.97 Å². The summed E-state index contributed by atoms with van der Waals surface area (Å²) in [7, 11) is 0. The third-order valence-electron chi connectivity index (χ3n) is 2.88. The maximum atomic E-state index is 13.4. The van der Waals surface area contributed by atoms with Crippen LogP contribution < -0.4 is 5.32 Å². The predicted molar refractivity (Wildman–Crippen MR) is 71.4 cm³/mol. The van der Waals surface area contributed by atoms with E-state index >= 15 is 0 Å². The summed E-state index contributed by atoms with van der Waals surface area (Å²) in [4.78, 5) is 22.5. The van der Waals surface area contributed by atoms with Gasteiger partial charge in [-0.2, -0.15) is 0 Å². The first kappa shape index (κ1) is 14.6. The first-order valence-electron chi connectivity index (χ1n) is 6.17. The smallest absolute Gasteiger partial charge is 0.358 e. The molecule has 0 aliphatic carbocycles. The zero-order valence-corrected chi connectivity index (χ0v) is 11.2. The number of para-hydroxylation sites is 1. The Balaban J connectivity index is 1.96. The number of rotatable bonds is 5. The molecule has 1 heterocycles. The van der Waals surface area contributed by atoms with Crippen LogP contribution in [0.5, 0.6) is 0 Å². The second-order valence-electron chi connectivity index (χ2n) is 4.33. The van der Waals surface area contributed by atoms with Crippen LogP contribution in [0.2, 0.25) is 0 Å². The molecule has 0 aliphatic rings. The van der Waals surface area contributed by atoms with Crippen molar-refractivity contribution in [1.82, 2.24) is 15.0 Å². The number of nitrogens with zero attached hydrogens (tertiary/aromatic N) is 3. The lowest BCUT2D eigenvalue weighted by atomic mass is 10.3. The maximum Gasteiger partial charge on any atom is 0.358 e. The standard InChI is InChI=1S/C13H13FN4O3/c1-8-12(13(20)21)16-17-18(8)7-6-11(19)15-10-5-3-2-4-9(10)14/h2-5H,6-7H2,1H3,(H,15,19)(H,20,21). The summed E-state index contributed by atoms with van der Waals surface area (Å²) in [6, 6.07) is 5.84. The van der Waals surface area contributed by atoms with E-state index in [-0.39, 0.29) is 24.3 Å². The highest BCUT2D eigenvalue weighted by molar-refractivity contribution is 5.90. The van der Waals surface area contributed by atoms with E-state index < -0.39 is 17.7 Å². The summed E-state index contributed by atoms with van der Waals surface area (Å²) in [5, 5.41) is 18.5. The Bertz CT molecular complexity index is 684. The molecule has 0 spiro atoms. The average molecular weight is 292 g/mol. The number of hydrogen-bond donors (Lipinski definition) is 2. The lowest BCUT2D eigenvalue weighted by molar-refractivity contribution is -0.116. The molecule has 2 N–H and O–H groups in total. The van der Waals surface area contributed by atoms with E-state index in [2.05, 4.69) is 15.6 Å². The van der Waals surface area contributed by atoms with Crippen molar-refractivity contribution in [2.45, 2.75) is 19.9 Å². The van der Waals surface area contributed by atoms with Gasteiger partial charge in [0, 0.05) is 6.42 Å². The fraction of sp³-hybridized carbons (Fsp3) is 0.231. The molecule has 8 heteroatoms. The fourth-order valence-electron chi connectivity index (χ4n) is 1.75. The third kappa shape index (κ3) is 3.41. The van der Waals surface area contributed by atoms with Crippen LogP contribution in [0.4, 0.5) is 10.1 Å². The van der Waals surface area contributed by atoms with Gasteiger partial charge < -0.3 is 10.4 Å². The lowest BCUT2D eigenvalue weighted by Gasteiger charge is -2.06. The molecule has 0 saturated heterocycles. The second kappa shape index (κ2) is 6.12. The quantitative estimate of drug-likeness (QED) is 0.869. The molecule has 0 aliphatic heterocycles. The van der Waals surface area contributed by atoms with Crippen molar-refractivity contribution in [2.75, 3.05) is 5.32 Å². The van der Waals surface area contributed by atoms with E-state index in [0.717, 1.165) is 0 Å². The highest BCUT2D eigenvalue weighted by Crippen LogP contribution is 2.13. The fourth-order valence-corrected chi connectivity index (χ4v) is 1.75. The highest BCUT2D eigenvalue weighted by Gasteiger charge is 2.15. The van der Waals surface area contributed by atoms with Gasteiger partial charge in [-0.05, 0) is 19.1 Å². The zero-order valence-electron chi connectivity index (χ0n) is 11.2. The van der Waals surface area contributed by atoms with Crippen LogP contribution in [-0.2, 0) is 11.3 Å². The Labute approximate surface area is 119 Å². The van der Waals surface area contributed by atoms with Gasteiger partial charge in [0.05, 0.1) is 17.9 Å². The molecule has 0 bridgehead atoms. The third-order valence-corrected chi connectivity index (χ3v) is 2.88. The van der Waals surface area contributed by atoms with Gasteiger partial charge in [-0.25, -0.2) is 13.9 Å². The van der Waals surface area contributed by atoms with Crippen LogP contribution >= 0.6 is 0 Å². The van der Waals surface area contributed by atoms with Crippen LogP contribution in [0.3, 0.4) is 0 Å². The molecule has 21 heavy (non-hydrogen) atoms. The summed E-state index contributed by atoms with van der Waals surface area (Å²) in [6.45, 7) is 1.71.